The molecule has 0 spiro atoms. The van der Waals surface area contributed by atoms with Crippen molar-refractivity contribution in [2.75, 3.05) is 0 Å². The smallest absolute Gasteiger partial charge is 0.167 e. The van der Waals surface area contributed by atoms with Crippen LogP contribution in [0.25, 0.3) is 24.3 Å². The molecule has 2 atom stereocenters. The number of aromatic nitrogens is 2. The zero-order valence-corrected chi connectivity index (χ0v) is 26.3. The molecule has 9 nitrogen and oxygen atoms in total. The third-order valence-electron chi connectivity index (χ3n) is 9.10. The molecule has 2 aromatic heterocycles. The molecule has 0 amide bonds. The Morgan fingerprint density at radius 3 is 1.22 bits per heavy atom. The second-order valence-corrected chi connectivity index (χ2v) is 12.9. The fourth-order valence-electron chi connectivity index (χ4n) is 6.96. The summed E-state index contributed by atoms with van der Waals surface area (Å²) in [5.41, 5.74) is 6.84. The minimum atomic E-state index is -0.931. The Morgan fingerprint density at radius 2 is 0.816 bits per heavy atom. The molecule has 236 valence electrons. The van der Waals surface area contributed by atoms with Gasteiger partial charge in [-0.1, -0.05) is 12.2 Å². The number of fused-ring (bicyclic) bond motifs is 12. The lowest BCUT2D eigenvalue weighted by molar-refractivity contribution is -0.120. The fraction of sp³-hybridized carbons (Fsp3) is 0.100. The molecule has 8 aliphatic rings. The highest BCUT2D eigenvalue weighted by atomic mass is 16.6. The van der Waals surface area contributed by atoms with Gasteiger partial charge in [-0.25, -0.2) is 20.0 Å². The van der Waals surface area contributed by atoms with Crippen molar-refractivity contribution in [3.8, 4) is 0 Å². The molecule has 0 fully saturated rings. The van der Waals surface area contributed by atoms with Gasteiger partial charge in [0.05, 0.1) is 45.6 Å². The normalized spacial score (nSPS) is 33.7. The van der Waals surface area contributed by atoms with Gasteiger partial charge in [-0.15, -0.1) is 0 Å². The van der Waals surface area contributed by atoms with Crippen LogP contribution < -0.4 is 32.0 Å². The van der Waals surface area contributed by atoms with E-state index in [-0.39, 0.29) is 0 Å². The van der Waals surface area contributed by atoms with Crippen LogP contribution in [0, 0.1) is 0 Å². The Labute approximate surface area is 281 Å². The molecule has 8 aliphatic heterocycles. The number of nitrogens with one attached hydrogen (secondary N) is 4. The van der Waals surface area contributed by atoms with Crippen LogP contribution in [0.4, 0.5) is 0 Å². The Bertz CT molecular complexity index is 2400. The van der Waals surface area contributed by atoms with E-state index in [9.17, 15) is 0 Å². The summed E-state index contributed by atoms with van der Waals surface area (Å²) in [5, 5.41) is 11.3. The number of allylic oxidation sites excluding steroid dienone is 10. The van der Waals surface area contributed by atoms with Crippen LogP contribution >= 0.6 is 0 Å². The largest absolute Gasteiger partial charge is 0.355 e. The zero-order valence-electron chi connectivity index (χ0n) is 26.3. The van der Waals surface area contributed by atoms with E-state index in [0.717, 1.165) is 78.4 Å². The van der Waals surface area contributed by atoms with Gasteiger partial charge >= 0.3 is 0 Å². The van der Waals surface area contributed by atoms with Gasteiger partial charge in [0.25, 0.3) is 0 Å². The molecule has 2 unspecified atom stereocenters. The Hall–Kier alpha value is -6.32. The van der Waals surface area contributed by atoms with Crippen molar-refractivity contribution < 1.29 is 4.74 Å². The van der Waals surface area contributed by atoms with Crippen LogP contribution in [-0.2, 0) is 4.74 Å². The average molecular weight is 639 g/mol. The van der Waals surface area contributed by atoms with E-state index in [1.54, 1.807) is 0 Å². The highest BCUT2D eigenvalue weighted by molar-refractivity contribution is 6.21. The molecular weight excluding hydrogens is 608 g/mol. The summed E-state index contributed by atoms with van der Waals surface area (Å²) < 4.78 is 7.31. The number of ether oxygens (including phenoxy) is 1. The lowest BCUT2D eigenvalue weighted by atomic mass is 10.1. The Kier molecular flexibility index (Phi) is 6.00. The number of nitrogens with zero attached hydrogens (tertiary/aromatic N) is 4. The molecule has 9 heteroatoms. The highest BCUT2D eigenvalue weighted by Gasteiger charge is 2.44. The molecule has 10 heterocycles. The first-order valence-corrected chi connectivity index (χ1v) is 16.4. The molecule has 4 N–H and O–H groups in total. The number of aromatic amines is 2. The lowest BCUT2D eigenvalue weighted by Gasteiger charge is -2.38. The van der Waals surface area contributed by atoms with Gasteiger partial charge in [0.1, 0.15) is 0 Å². The summed E-state index contributed by atoms with van der Waals surface area (Å²) in [5.74, 6) is 0. The predicted molar refractivity (Wildman–Crippen MR) is 195 cm³/mol. The van der Waals surface area contributed by atoms with Crippen molar-refractivity contribution >= 4 is 47.2 Å². The van der Waals surface area contributed by atoms with Gasteiger partial charge in [-0.3, -0.25) is 0 Å². The monoisotopic (exact) mass is 638 g/mol. The van der Waals surface area contributed by atoms with Crippen molar-refractivity contribution in [2.45, 2.75) is 24.3 Å². The Balaban J connectivity index is 1.07. The first kappa shape index (κ1) is 27.8. The maximum Gasteiger partial charge on any atom is 0.167 e. The average Bonchev–Trinajstić information content (AvgIpc) is 3.91. The van der Waals surface area contributed by atoms with Crippen molar-refractivity contribution in [1.82, 2.24) is 20.6 Å². The lowest BCUT2D eigenvalue weighted by Crippen LogP contribution is -2.53. The topological polar surface area (TPSA) is 114 Å². The first-order chi connectivity index (χ1) is 24.0. The third kappa shape index (κ3) is 5.46. The summed E-state index contributed by atoms with van der Waals surface area (Å²) >= 11 is 0. The van der Waals surface area contributed by atoms with Crippen LogP contribution in [0.5, 0.6) is 0 Å². The van der Waals surface area contributed by atoms with E-state index < -0.39 is 11.4 Å². The summed E-state index contributed by atoms with van der Waals surface area (Å²) in [7, 11) is 0. The molecule has 0 radical (unpaired) electrons. The summed E-state index contributed by atoms with van der Waals surface area (Å²) in [6, 6.07) is 8.21. The van der Waals surface area contributed by atoms with Crippen molar-refractivity contribution in [1.29, 1.82) is 0 Å². The molecule has 49 heavy (non-hydrogen) atoms. The van der Waals surface area contributed by atoms with Gasteiger partial charge in [-0.05, 0) is 121 Å². The van der Waals surface area contributed by atoms with Crippen LogP contribution in [0.1, 0.15) is 12.8 Å². The van der Waals surface area contributed by atoms with Gasteiger partial charge in [-0.2, -0.15) is 0 Å². The highest BCUT2D eigenvalue weighted by Crippen LogP contribution is 2.38. The molecule has 2 aromatic rings. The van der Waals surface area contributed by atoms with Crippen LogP contribution in [0.2, 0.25) is 0 Å². The number of aliphatic imine (C=N–C) groups is 4. The summed E-state index contributed by atoms with van der Waals surface area (Å²) in [6.07, 6.45) is 38.1. The number of hydrogen-bond donors (Lipinski definition) is 4. The van der Waals surface area contributed by atoms with E-state index >= 15 is 0 Å². The van der Waals surface area contributed by atoms with Crippen LogP contribution in [0.15, 0.2) is 163 Å². The molecule has 10 rings (SSSR count). The minimum Gasteiger partial charge on any atom is -0.355 e. The maximum absolute atomic E-state index is 7.31. The molecule has 0 aromatic carbocycles. The van der Waals surface area contributed by atoms with Gasteiger partial charge in [0, 0.05) is 45.6 Å². The quantitative estimate of drug-likeness (QED) is 0.406. The second kappa shape index (κ2) is 10.6. The van der Waals surface area contributed by atoms with Crippen LogP contribution in [-0.4, -0.2) is 44.3 Å². The van der Waals surface area contributed by atoms with Crippen molar-refractivity contribution in [2.24, 2.45) is 20.0 Å². The summed E-state index contributed by atoms with van der Waals surface area (Å²) in [4.78, 5) is 26.5. The third-order valence-corrected chi connectivity index (χ3v) is 9.10. The number of hydrogen-bond acceptors (Lipinski definition) is 7. The van der Waals surface area contributed by atoms with E-state index in [0.29, 0.717) is 12.8 Å². The number of rotatable bonds is 2. The maximum atomic E-state index is 7.31. The molecular formula is C40H30N8O. The first-order valence-electron chi connectivity index (χ1n) is 16.4. The standard InChI is InChI=1S/C40H30N8O/c1-3-29-19-31-9-11-37(45-31)23-39(15-13-35(47-39)21-33-7-5-27(43-33)17-25(1)41-29)49-40-16-14-36(48-40)22-34-8-6-28(44-34)18-26-2-4-30(42-26)20-32-10-12-38(24-40)46-32/h1-14,17-24,41-42,47-48H,15-16H2/b25-17-,26-18-,29-19-,30-20-,33-21-,34-22-,37-23-,38-24-. The van der Waals surface area contributed by atoms with Crippen molar-refractivity contribution in [3.63, 3.8) is 0 Å². The van der Waals surface area contributed by atoms with E-state index in [4.69, 9.17) is 24.7 Å². The molecule has 0 saturated carbocycles. The zero-order chi connectivity index (χ0) is 32.4. The number of H-pyrrole nitrogens is 2. The van der Waals surface area contributed by atoms with E-state index in [2.05, 4.69) is 81.3 Å². The van der Waals surface area contributed by atoms with Crippen LogP contribution in [0.3, 0.4) is 0 Å². The second-order valence-electron chi connectivity index (χ2n) is 12.9. The molecule has 0 saturated heterocycles. The molecule has 16 bridgehead atoms. The fourth-order valence-corrected chi connectivity index (χ4v) is 6.96. The summed E-state index contributed by atoms with van der Waals surface area (Å²) in [6.45, 7) is 0. The van der Waals surface area contributed by atoms with Gasteiger partial charge in [0.2, 0.25) is 0 Å². The van der Waals surface area contributed by atoms with Gasteiger partial charge < -0.3 is 25.3 Å². The van der Waals surface area contributed by atoms with E-state index in [1.807, 2.05) is 72.9 Å². The van der Waals surface area contributed by atoms with Crippen molar-refractivity contribution in [3.05, 3.63) is 165 Å². The SMILES string of the molecule is C1=C/C2=C/C3=CCC(OC45/C=C6/C=CC(=N6)/C=c6/cc/c([nH]6)=C/C6=NC(=C\C(=CC4)N5)/C=C6)(/C=C4/C=CC(=N4)/C=c4/cc/c([nH]4)=C/C1=N2)N3. The minimum absolute atomic E-state index is 0.576. The predicted octanol–water partition coefficient (Wildman–Crippen LogP) is 2.93. The Morgan fingerprint density at radius 1 is 0.449 bits per heavy atom. The molecule has 0 aliphatic carbocycles. The van der Waals surface area contributed by atoms with E-state index in [1.165, 1.54) is 0 Å². The van der Waals surface area contributed by atoms with Gasteiger partial charge in [0.15, 0.2) is 11.4 Å².